The second kappa shape index (κ2) is 7.20. The first kappa shape index (κ1) is 17.9. The van der Waals surface area contributed by atoms with Crippen LogP contribution in [0.25, 0.3) is 0 Å². The number of nitrogens with one attached hydrogen (secondary N) is 1. The molecule has 0 aromatic heterocycles. The molecule has 120 valence electrons. The van der Waals surface area contributed by atoms with Gasteiger partial charge < -0.3 is 5.32 Å². The number of sulfonamides is 1. The summed E-state index contributed by atoms with van der Waals surface area (Å²) in [5.74, 6) is -0.329. The fourth-order valence-corrected chi connectivity index (χ4v) is 5.65. The average Bonchev–Trinajstić information content (AvgIpc) is 2.36. The Labute approximate surface area is 122 Å². The second-order valence-corrected chi connectivity index (χ2v) is 9.90. The summed E-state index contributed by atoms with van der Waals surface area (Å²) >= 11 is 0. The van der Waals surface area contributed by atoms with Crippen molar-refractivity contribution in [1.29, 1.82) is 0 Å². The Bertz CT molecular complexity index is 502. The van der Waals surface area contributed by atoms with E-state index in [-0.39, 0.29) is 23.5 Å². The molecule has 0 aromatic rings. The van der Waals surface area contributed by atoms with Crippen LogP contribution in [0.4, 0.5) is 0 Å². The van der Waals surface area contributed by atoms with Crippen molar-refractivity contribution in [3.8, 4) is 0 Å². The van der Waals surface area contributed by atoms with Gasteiger partial charge in [0.25, 0.3) is 0 Å². The molecule has 0 amide bonds. The van der Waals surface area contributed by atoms with E-state index in [2.05, 4.69) is 12.2 Å². The molecule has 1 heterocycles. The van der Waals surface area contributed by atoms with Gasteiger partial charge in [-0.3, -0.25) is 0 Å². The highest BCUT2D eigenvalue weighted by molar-refractivity contribution is 7.93. The van der Waals surface area contributed by atoms with Crippen LogP contribution in [0.15, 0.2) is 0 Å². The molecule has 0 radical (unpaired) electrons. The molecule has 1 fully saturated rings. The summed E-state index contributed by atoms with van der Waals surface area (Å²) in [5, 5.41) is 3.33. The van der Waals surface area contributed by atoms with E-state index >= 15 is 0 Å². The van der Waals surface area contributed by atoms with Crippen molar-refractivity contribution in [3.05, 3.63) is 0 Å². The molecule has 2 unspecified atom stereocenters. The first-order valence-corrected chi connectivity index (χ1v) is 10.7. The van der Waals surface area contributed by atoms with E-state index in [1.54, 1.807) is 0 Å². The fourth-order valence-electron chi connectivity index (χ4n) is 2.51. The number of hydrogen-bond acceptors (Lipinski definition) is 5. The van der Waals surface area contributed by atoms with Gasteiger partial charge >= 0.3 is 0 Å². The van der Waals surface area contributed by atoms with Crippen LogP contribution < -0.4 is 5.32 Å². The number of sulfone groups is 1. The van der Waals surface area contributed by atoms with Crippen molar-refractivity contribution in [2.75, 3.05) is 37.4 Å². The summed E-state index contributed by atoms with van der Waals surface area (Å²) in [6.45, 7) is 5.95. The van der Waals surface area contributed by atoms with Crippen LogP contribution >= 0.6 is 0 Å². The molecule has 0 spiro atoms. The lowest BCUT2D eigenvalue weighted by molar-refractivity contribution is 0.225. The average molecular weight is 326 g/mol. The van der Waals surface area contributed by atoms with Crippen LogP contribution in [-0.2, 0) is 19.9 Å². The first-order valence-electron chi connectivity index (χ1n) is 7.04. The lowest BCUT2D eigenvalue weighted by Crippen LogP contribution is -2.47. The zero-order valence-corrected chi connectivity index (χ0v) is 14.1. The Morgan fingerprint density at radius 1 is 1.25 bits per heavy atom. The topological polar surface area (TPSA) is 83.6 Å². The van der Waals surface area contributed by atoms with Crippen molar-refractivity contribution in [2.45, 2.75) is 32.7 Å². The van der Waals surface area contributed by atoms with Gasteiger partial charge in [0.05, 0.1) is 11.5 Å². The van der Waals surface area contributed by atoms with Gasteiger partial charge in [-0.25, -0.2) is 21.1 Å². The number of hydrogen-bond donors (Lipinski definition) is 1. The van der Waals surface area contributed by atoms with Gasteiger partial charge in [0, 0.05) is 25.4 Å². The van der Waals surface area contributed by atoms with E-state index in [1.807, 2.05) is 6.92 Å². The van der Waals surface area contributed by atoms with E-state index < -0.39 is 19.9 Å². The summed E-state index contributed by atoms with van der Waals surface area (Å²) in [6, 6.07) is 0.271. The van der Waals surface area contributed by atoms with Gasteiger partial charge in [-0.05, 0) is 32.2 Å². The number of nitrogens with zero attached hydrogens (tertiary/aromatic N) is 1. The molecule has 0 bridgehead atoms. The van der Waals surface area contributed by atoms with E-state index in [9.17, 15) is 16.8 Å². The molecule has 1 N–H and O–H groups in total. The van der Waals surface area contributed by atoms with Crippen LogP contribution in [0.5, 0.6) is 0 Å². The highest BCUT2D eigenvalue weighted by Gasteiger charge is 2.31. The third-order valence-corrected chi connectivity index (χ3v) is 6.80. The Hall–Kier alpha value is -0.180. The van der Waals surface area contributed by atoms with Crippen molar-refractivity contribution in [1.82, 2.24) is 9.62 Å². The van der Waals surface area contributed by atoms with Gasteiger partial charge in [-0.15, -0.1) is 0 Å². The zero-order chi connectivity index (χ0) is 15.4. The van der Waals surface area contributed by atoms with Crippen molar-refractivity contribution in [3.63, 3.8) is 0 Å². The second-order valence-electron chi connectivity index (χ2n) is 5.55. The molecule has 8 heteroatoms. The summed E-state index contributed by atoms with van der Waals surface area (Å²) in [5.41, 5.74) is 0. The minimum Gasteiger partial charge on any atom is -0.314 e. The standard InChI is InChI=1S/C12H26N2O4S2/c1-4-13-11(2)12-6-5-7-14(10-12)20(17,18)9-8-19(3,15)16/h11-13H,4-10H2,1-3H3. The molecule has 6 nitrogen and oxygen atoms in total. The third-order valence-electron chi connectivity index (χ3n) is 3.76. The molecule has 0 aliphatic carbocycles. The molecule has 1 rings (SSSR count). The van der Waals surface area contributed by atoms with Crippen LogP contribution in [0.2, 0.25) is 0 Å². The van der Waals surface area contributed by atoms with Crippen LogP contribution in [0.3, 0.4) is 0 Å². The Morgan fingerprint density at radius 3 is 2.45 bits per heavy atom. The van der Waals surface area contributed by atoms with Gasteiger partial charge in [0.15, 0.2) is 0 Å². The molecule has 2 atom stereocenters. The smallest absolute Gasteiger partial charge is 0.215 e. The third kappa shape index (κ3) is 5.67. The Kier molecular flexibility index (Phi) is 6.43. The zero-order valence-electron chi connectivity index (χ0n) is 12.5. The Morgan fingerprint density at radius 2 is 1.90 bits per heavy atom. The summed E-state index contributed by atoms with van der Waals surface area (Å²) in [7, 11) is -6.72. The molecule has 1 aliphatic rings. The highest BCUT2D eigenvalue weighted by atomic mass is 32.2. The first-order chi connectivity index (χ1) is 9.15. The molecule has 0 aromatic carbocycles. The molecule has 0 saturated carbocycles. The Balaban J connectivity index is 2.66. The van der Waals surface area contributed by atoms with Gasteiger partial charge in [-0.2, -0.15) is 0 Å². The molecule has 20 heavy (non-hydrogen) atoms. The van der Waals surface area contributed by atoms with E-state index in [0.29, 0.717) is 13.1 Å². The lowest BCUT2D eigenvalue weighted by atomic mass is 9.93. The molecular formula is C12H26N2O4S2. The van der Waals surface area contributed by atoms with Gasteiger partial charge in [0.1, 0.15) is 9.84 Å². The van der Waals surface area contributed by atoms with Crippen molar-refractivity contribution in [2.24, 2.45) is 5.92 Å². The normalized spacial score (nSPS) is 23.6. The highest BCUT2D eigenvalue weighted by Crippen LogP contribution is 2.22. The minimum atomic E-state index is -3.47. The quantitative estimate of drug-likeness (QED) is 0.716. The lowest BCUT2D eigenvalue weighted by Gasteiger charge is -2.35. The predicted octanol–water partition coefficient (Wildman–Crippen LogP) is 0.0708. The summed E-state index contributed by atoms with van der Waals surface area (Å²) in [6.07, 6.45) is 2.90. The number of rotatable bonds is 7. The van der Waals surface area contributed by atoms with Gasteiger partial charge in [0.2, 0.25) is 10.0 Å². The summed E-state index contributed by atoms with van der Waals surface area (Å²) in [4.78, 5) is 0. The van der Waals surface area contributed by atoms with Crippen LogP contribution in [0, 0.1) is 5.92 Å². The molecule has 1 saturated heterocycles. The maximum Gasteiger partial charge on any atom is 0.215 e. The predicted molar refractivity (Wildman–Crippen MR) is 80.9 cm³/mol. The van der Waals surface area contributed by atoms with E-state index in [4.69, 9.17) is 0 Å². The SMILES string of the molecule is CCNC(C)C1CCCN(S(=O)(=O)CCS(C)(=O)=O)C1. The summed E-state index contributed by atoms with van der Waals surface area (Å²) < 4.78 is 48.1. The van der Waals surface area contributed by atoms with Gasteiger partial charge in [-0.1, -0.05) is 6.92 Å². The van der Waals surface area contributed by atoms with Crippen LogP contribution in [0.1, 0.15) is 26.7 Å². The number of piperidine rings is 1. The van der Waals surface area contributed by atoms with E-state index in [1.165, 1.54) is 4.31 Å². The minimum absolute atomic E-state index is 0.271. The monoisotopic (exact) mass is 326 g/mol. The van der Waals surface area contributed by atoms with Crippen molar-refractivity contribution < 1.29 is 16.8 Å². The van der Waals surface area contributed by atoms with E-state index in [0.717, 1.165) is 25.6 Å². The fraction of sp³-hybridized carbons (Fsp3) is 1.00. The van der Waals surface area contributed by atoms with Crippen LogP contribution in [-0.4, -0.2) is 64.6 Å². The maximum absolute atomic E-state index is 12.2. The largest absolute Gasteiger partial charge is 0.314 e. The maximum atomic E-state index is 12.2. The molecular weight excluding hydrogens is 300 g/mol. The molecule has 1 aliphatic heterocycles. The van der Waals surface area contributed by atoms with Crippen molar-refractivity contribution >= 4 is 19.9 Å².